The molecule has 0 atom stereocenters. The average Bonchev–Trinajstić information content (AvgIpc) is 2.88. The Kier molecular flexibility index (Phi) is 4.07. The third-order valence-electron chi connectivity index (χ3n) is 3.40. The number of carbonyl (C=O) groups excluding carboxylic acids is 1. The monoisotopic (exact) mass is 267 g/mol. The molecule has 0 amide bonds. The molecule has 0 bridgehead atoms. The number of hydrogen-bond acceptors (Lipinski definition) is 4. The third kappa shape index (κ3) is 2.93. The van der Waals surface area contributed by atoms with Gasteiger partial charge in [0.2, 0.25) is 0 Å². The first kappa shape index (κ1) is 13.6. The summed E-state index contributed by atoms with van der Waals surface area (Å²) in [5, 5.41) is 3.36. The second-order valence-electron chi connectivity index (χ2n) is 5.49. The number of rotatable bonds is 5. The molecule has 0 unspecified atom stereocenters. The van der Waals surface area contributed by atoms with Gasteiger partial charge in [-0.15, -0.1) is 11.3 Å². The number of esters is 1. The van der Waals surface area contributed by atoms with Crippen molar-refractivity contribution in [2.75, 3.05) is 13.7 Å². The van der Waals surface area contributed by atoms with E-state index < -0.39 is 5.41 Å². The number of nitrogens with one attached hydrogen (secondary N) is 1. The van der Waals surface area contributed by atoms with Crippen molar-refractivity contribution in [3.63, 3.8) is 0 Å². The molecule has 2 rings (SSSR count). The predicted molar refractivity (Wildman–Crippen MR) is 73.8 cm³/mol. The van der Waals surface area contributed by atoms with Gasteiger partial charge in [-0.3, -0.25) is 4.79 Å². The van der Waals surface area contributed by atoms with E-state index in [1.165, 1.54) is 36.8 Å². The van der Waals surface area contributed by atoms with E-state index in [0.29, 0.717) is 6.54 Å². The van der Waals surface area contributed by atoms with E-state index in [1.807, 2.05) is 25.2 Å². The maximum atomic E-state index is 11.5. The van der Waals surface area contributed by atoms with E-state index in [4.69, 9.17) is 4.74 Å². The normalized spacial score (nSPS) is 14.6. The van der Waals surface area contributed by atoms with E-state index in [9.17, 15) is 4.79 Å². The molecule has 1 heterocycles. The molecule has 1 N–H and O–H groups in total. The molecular formula is C14H21NO2S. The minimum Gasteiger partial charge on any atom is -0.469 e. The van der Waals surface area contributed by atoms with Gasteiger partial charge in [-0.2, -0.15) is 0 Å². The fourth-order valence-corrected chi connectivity index (χ4v) is 3.55. The first-order valence-corrected chi connectivity index (χ1v) is 7.24. The summed E-state index contributed by atoms with van der Waals surface area (Å²) in [5.41, 5.74) is 1.07. The number of ether oxygens (including phenoxy) is 1. The lowest BCUT2D eigenvalue weighted by molar-refractivity contribution is -0.150. The number of carbonyl (C=O) groups is 1. The van der Waals surface area contributed by atoms with Gasteiger partial charge < -0.3 is 10.1 Å². The van der Waals surface area contributed by atoms with Crippen LogP contribution in [0.4, 0.5) is 0 Å². The minimum atomic E-state index is -0.464. The molecule has 0 fully saturated rings. The number of methoxy groups -OCH3 is 1. The fraction of sp³-hybridized carbons (Fsp3) is 0.643. The lowest BCUT2D eigenvalue weighted by Gasteiger charge is -2.21. The maximum absolute atomic E-state index is 11.5. The molecule has 100 valence electrons. The summed E-state index contributed by atoms with van der Waals surface area (Å²) in [5.74, 6) is -0.163. The zero-order valence-corrected chi connectivity index (χ0v) is 12.2. The number of thiophene rings is 1. The van der Waals surface area contributed by atoms with Crippen LogP contribution < -0.4 is 5.32 Å². The highest BCUT2D eigenvalue weighted by Gasteiger charge is 2.28. The average molecular weight is 267 g/mol. The first-order valence-electron chi connectivity index (χ1n) is 6.42. The van der Waals surface area contributed by atoms with Crippen molar-refractivity contribution in [3.8, 4) is 0 Å². The highest BCUT2D eigenvalue weighted by molar-refractivity contribution is 7.12. The Balaban J connectivity index is 1.83. The van der Waals surface area contributed by atoms with E-state index in [-0.39, 0.29) is 5.97 Å². The largest absolute Gasteiger partial charge is 0.469 e. The smallest absolute Gasteiger partial charge is 0.312 e. The minimum absolute atomic E-state index is 0.163. The third-order valence-corrected chi connectivity index (χ3v) is 4.64. The zero-order valence-electron chi connectivity index (χ0n) is 11.3. The molecule has 0 radical (unpaired) electrons. The van der Waals surface area contributed by atoms with Crippen LogP contribution in [0.15, 0.2) is 6.07 Å². The Labute approximate surface area is 113 Å². The summed E-state index contributed by atoms with van der Waals surface area (Å²) >= 11 is 1.91. The molecule has 3 nitrogen and oxygen atoms in total. The van der Waals surface area contributed by atoms with Gasteiger partial charge in [0, 0.05) is 22.8 Å². The Bertz CT molecular complexity index is 416. The Hall–Kier alpha value is -0.870. The van der Waals surface area contributed by atoms with Crippen LogP contribution in [0.2, 0.25) is 0 Å². The molecule has 0 saturated carbocycles. The SMILES string of the molecule is COC(=O)C(C)(C)CNCc1cc2c(s1)CCC2. The quantitative estimate of drug-likeness (QED) is 0.833. The van der Waals surface area contributed by atoms with Gasteiger partial charge >= 0.3 is 5.97 Å². The van der Waals surface area contributed by atoms with Crippen LogP contribution in [0.25, 0.3) is 0 Å². The van der Waals surface area contributed by atoms with Gasteiger partial charge in [-0.05, 0) is 44.7 Å². The zero-order chi connectivity index (χ0) is 13.2. The van der Waals surface area contributed by atoms with E-state index in [1.54, 1.807) is 4.88 Å². The number of fused-ring (bicyclic) bond motifs is 1. The van der Waals surface area contributed by atoms with Crippen LogP contribution in [-0.2, 0) is 28.9 Å². The van der Waals surface area contributed by atoms with Crippen molar-refractivity contribution in [1.29, 1.82) is 0 Å². The van der Waals surface area contributed by atoms with Crippen molar-refractivity contribution in [3.05, 3.63) is 21.4 Å². The van der Waals surface area contributed by atoms with Crippen LogP contribution in [0.3, 0.4) is 0 Å². The van der Waals surface area contributed by atoms with Crippen LogP contribution in [0.1, 0.15) is 35.6 Å². The molecule has 4 heteroatoms. The van der Waals surface area contributed by atoms with Gasteiger partial charge in [0.05, 0.1) is 12.5 Å². The lowest BCUT2D eigenvalue weighted by atomic mass is 9.94. The summed E-state index contributed by atoms with van der Waals surface area (Å²) in [6.45, 7) is 5.29. The molecular weight excluding hydrogens is 246 g/mol. The summed E-state index contributed by atoms with van der Waals surface area (Å²) in [6.07, 6.45) is 3.79. The van der Waals surface area contributed by atoms with Gasteiger partial charge in [0.25, 0.3) is 0 Å². The van der Waals surface area contributed by atoms with Gasteiger partial charge in [0.15, 0.2) is 0 Å². The van der Waals surface area contributed by atoms with Gasteiger partial charge in [0.1, 0.15) is 0 Å². The van der Waals surface area contributed by atoms with Crippen molar-refractivity contribution in [2.24, 2.45) is 5.41 Å². The van der Waals surface area contributed by atoms with Crippen molar-refractivity contribution in [1.82, 2.24) is 5.32 Å². The Morgan fingerprint density at radius 2 is 2.28 bits per heavy atom. The van der Waals surface area contributed by atoms with Gasteiger partial charge in [-0.25, -0.2) is 0 Å². The summed E-state index contributed by atoms with van der Waals surface area (Å²) < 4.78 is 4.79. The predicted octanol–water partition coefficient (Wildman–Crippen LogP) is 2.53. The Morgan fingerprint density at radius 1 is 1.50 bits per heavy atom. The molecule has 1 aromatic rings. The van der Waals surface area contributed by atoms with Crippen LogP contribution in [0.5, 0.6) is 0 Å². The standard InChI is InChI=1S/C14H21NO2S/c1-14(2,13(16)17-3)9-15-8-11-7-10-5-4-6-12(10)18-11/h7,15H,4-6,8-9H2,1-3H3. The van der Waals surface area contributed by atoms with Crippen LogP contribution >= 0.6 is 11.3 Å². The maximum Gasteiger partial charge on any atom is 0.312 e. The van der Waals surface area contributed by atoms with Crippen LogP contribution in [0, 0.1) is 5.41 Å². The Morgan fingerprint density at radius 3 is 2.94 bits per heavy atom. The molecule has 0 aromatic carbocycles. The molecule has 1 aliphatic carbocycles. The fourth-order valence-electron chi connectivity index (χ4n) is 2.32. The van der Waals surface area contributed by atoms with Crippen molar-refractivity contribution in [2.45, 2.75) is 39.7 Å². The topological polar surface area (TPSA) is 38.3 Å². The molecule has 0 aliphatic heterocycles. The molecule has 0 spiro atoms. The van der Waals surface area contributed by atoms with Crippen molar-refractivity contribution >= 4 is 17.3 Å². The second kappa shape index (κ2) is 5.41. The molecule has 1 aliphatic rings. The summed E-state index contributed by atoms with van der Waals surface area (Å²) in [6, 6.07) is 2.31. The highest BCUT2D eigenvalue weighted by atomic mass is 32.1. The van der Waals surface area contributed by atoms with E-state index >= 15 is 0 Å². The summed E-state index contributed by atoms with van der Waals surface area (Å²) in [4.78, 5) is 14.5. The first-order chi connectivity index (χ1) is 8.53. The van der Waals surface area contributed by atoms with Crippen LogP contribution in [-0.4, -0.2) is 19.6 Å². The number of hydrogen-bond donors (Lipinski definition) is 1. The second-order valence-corrected chi connectivity index (χ2v) is 6.71. The van der Waals surface area contributed by atoms with Crippen molar-refractivity contribution < 1.29 is 9.53 Å². The molecule has 18 heavy (non-hydrogen) atoms. The highest BCUT2D eigenvalue weighted by Crippen LogP contribution is 2.30. The summed E-state index contributed by atoms with van der Waals surface area (Å²) in [7, 11) is 1.44. The van der Waals surface area contributed by atoms with E-state index in [2.05, 4.69) is 11.4 Å². The lowest BCUT2D eigenvalue weighted by Crippen LogP contribution is -2.36. The van der Waals surface area contributed by atoms with E-state index in [0.717, 1.165) is 6.54 Å². The molecule has 0 saturated heterocycles. The molecule has 1 aromatic heterocycles. The van der Waals surface area contributed by atoms with Gasteiger partial charge in [-0.1, -0.05) is 0 Å². The number of aryl methyl sites for hydroxylation is 2.